The van der Waals surface area contributed by atoms with Gasteiger partial charge in [-0.2, -0.15) is 0 Å². The van der Waals surface area contributed by atoms with Crippen LogP contribution in [0.1, 0.15) is 11.1 Å². The van der Waals surface area contributed by atoms with Crippen LogP contribution in [0.3, 0.4) is 0 Å². The third kappa shape index (κ3) is 2.53. The van der Waals surface area contributed by atoms with Crippen molar-refractivity contribution in [1.82, 2.24) is 4.98 Å². The van der Waals surface area contributed by atoms with Crippen molar-refractivity contribution < 1.29 is 14.6 Å². The van der Waals surface area contributed by atoms with Crippen LogP contribution in [0.25, 0.3) is 11.3 Å². The van der Waals surface area contributed by atoms with Crippen LogP contribution >= 0.6 is 0 Å². The van der Waals surface area contributed by atoms with E-state index in [-0.39, 0.29) is 6.61 Å². The van der Waals surface area contributed by atoms with Gasteiger partial charge >= 0.3 is 0 Å². The third-order valence-electron chi connectivity index (χ3n) is 3.09. The molecule has 0 aliphatic rings. The predicted octanol–water partition coefficient (Wildman–Crippen LogP) is 2.57. The van der Waals surface area contributed by atoms with Crippen molar-refractivity contribution in [2.75, 3.05) is 14.2 Å². The molecule has 0 spiro atoms. The van der Waals surface area contributed by atoms with E-state index in [1.165, 1.54) is 0 Å². The number of nitrogens with zero attached hydrogens (tertiary/aromatic N) is 1. The van der Waals surface area contributed by atoms with Crippen molar-refractivity contribution in [3.8, 4) is 22.8 Å². The molecule has 0 aliphatic heterocycles. The van der Waals surface area contributed by atoms with Crippen LogP contribution in [0, 0.1) is 6.92 Å². The molecule has 100 valence electrons. The SMILES string of the molecule is COc1cc(-c2ncccc2CO)cc(OC)c1C. The highest BCUT2D eigenvalue weighted by Crippen LogP contribution is 2.34. The van der Waals surface area contributed by atoms with E-state index in [9.17, 15) is 5.11 Å². The Morgan fingerprint density at radius 1 is 1.16 bits per heavy atom. The lowest BCUT2D eigenvalue weighted by atomic mass is 10.0. The summed E-state index contributed by atoms with van der Waals surface area (Å²) in [6.45, 7) is 1.88. The number of aliphatic hydroxyl groups excluding tert-OH is 1. The Kier molecular flexibility index (Phi) is 4.02. The maximum atomic E-state index is 9.38. The topological polar surface area (TPSA) is 51.6 Å². The average Bonchev–Trinajstić information content (AvgIpc) is 2.47. The zero-order valence-corrected chi connectivity index (χ0v) is 11.3. The van der Waals surface area contributed by atoms with Crippen molar-refractivity contribution in [3.05, 3.63) is 41.6 Å². The molecule has 0 aliphatic carbocycles. The summed E-state index contributed by atoms with van der Waals surface area (Å²) in [5, 5.41) is 9.38. The molecule has 19 heavy (non-hydrogen) atoms. The Morgan fingerprint density at radius 2 is 1.79 bits per heavy atom. The fourth-order valence-electron chi connectivity index (χ4n) is 2.05. The summed E-state index contributed by atoms with van der Waals surface area (Å²) in [7, 11) is 3.24. The van der Waals surface area contributed by atoms with E-state index in [0.717, 1.165) is 33.9 Å². The van der Waals surface area contributed by atoms with Crippen LogP contribution in [0.2, 0.25) is 0 Å². The van der Waals surface area contributed by atoms with Gasteiger partial charge in [-0.1, -0.05) is 6.07 Å². The molecule has 2 rings (SSSR count). The largest absolute Gasteiger partial charge is 0.496 e. The lowest BCUT2D eigenvalue weighted by molar-refractivity contribution is 0.282. The Morgan fingerprint density at radius 3 is 2.32 bits per heavy atom. The number of rotatable bonds is 4. The Hall–Kier alpha value is -2.07. The number of methoxy groups -OCH3 is 2. The first-order valence-electron chi connectivity index (χ1n) is 5.99. The molecule has 1 aromatic heterocycles. The monoisotopic (exact) mass is 259 g/mol. The first kappa shape index (κ1) is 13.4. The van der Waals surface area contributed by atoms with Gasteiger partial charge in [0.15, 0.2) is 0 Å². The number of hydrogen-bond donors (Lipinski definition) is 1. The fourth-order valence-corrected chi connectivity index (χ4v) is 2.05. The summed E-state index contributed by atoms with van der Waals surface area (Å²) in [5.41, 5.74) is 3.32. The van der Waals surface area contributed by atoms with Gasteiger partial charge in [0.1, 0.15) is 11.5 Å². The molecule has 4 heteroatoms. The first-order chi connectivity index (χ1) is 9.21. The fraction of sp³-hybridized carbons (Fsp3) is 0.267. The second-order valence-corrected chi connectivity index (χ2v) is 4.18. The maximum Gasteiger partial charge on any atom is 0.126 e. The standard InChI is InChI=1S/C15H17NO3/c1-10-13(18-2)7-12(8-14(10)19-3)15-11(9-17)5-4-6-16-15/h4-8,17H,9H2,1-3H3. The van der Waals surface area contributed by atoms with E-state index < -0.39 is 0 Å². The summed E-state index contributed by atoms with van der Waals surface area (Å²) >= 11 is 0. The Balaban J connectivity index is 2.62. The van der Waals surface area contributed by atoms with Gasteiger partial charge in [-0.3, -0.25) is 4.98 Å². The number of aliphatic hydroxyl groups is 1. The van der Waals surface area contributed by atoms with E-state index in [1.807, 2.05) is 25.1 Å². The minimum atomic E-state index is -0.0539. The van der Waals surface area contributed by atoms with Crippen LogP contribution in [-0.4, -0.2) is 24.3 Å². The molecule has 0 atom stereocenters. The van der Waals surface area contributed by atoms with Crippen LogP contribution in [0.15, 0.2) is 30.5 Å². The van der Waals surface area contributed by atoms with Gasteiger partial charge < -0.3 is 14.6 Å². The van der Waals surface area contributed by atoms with Crippen LogP contribution in [-0.2, 0) is 6.61 Å². The van der Waals surface area contributed by atoms with Gasteiger partial charge in [-0.25, -0.2) is 0 Å². The number of ether oxygens (including phenoxy) is 2. The van der Waals surface area contributed by atoms with Crippen LogP contribution in [0.4, 0.5) is 0 Å². The highest BCUT2D eigenvalue weighted by Gasteiger charge is 2.12. The summed E-state index contributed by atoms with van der Waals surface area (Å²) in [5.74, 6) is 1.48. The quantitative estimate of drug-likeness (QED) is 0.916. The summed E-state index contributed by atoms with van der Waals surface area (Å²) in [6, 6.07) is 7.46. The first-order valence-corrected chi connectivity index (χ1v) is 5.99. The molecule has 0 unspecified atom stereocenters. The molecule has 1 aromatic carbocycles. The molecule has 0 amide bonds. The molecule has 0 bridgehead atoms. The van der Waals surface area contributed by atoms with Gasteiger partial charge in [0.2, 0.25) is 0 Å². The van der Waals surface area contributed by atoms with E-state index in [1.54, 1.807) is 26.5 Å². The average molecular weight is 259 g/mol. The maximum absolute atomic E-state index is 9.38. The predicted molar refractivity (Wildman–Crippen MR) is 73.4 cm³/mol. The van der Waals surface area contributed by atoms with E-state index in [2.05, 4.69) is 4.98 Å². The molecular formula is C15H17NO3. The van der Waals surface area contributed by atoms with Gasteiger partial charge in [-0.05, 0) is 25.1 Å². The molecule has 0 saturated heterocycles. The molecular weight excluding hydrogens is 242 g/mol. The second kappa shape index (κ2) is 5.71. The number of benzene rings is 1. The van der Waals surface area contributed by atoms with Gasteiger partial charge in [0.05, 0.1) is 26.5 Å². The number of hydrogen-bond acceptors (Lipinski definition) is 4. The minimum absolute atomic E-state index is 0.0539. The lowest BCUT2D eigenvalue weighted by Gasteiger charge is -2.13. The van der Waals surface area contributed by atoms with Crippen molar-refractivity contribution in [2.45, 2.75) is 13.5 Å². The van der Waals surface area contributed by atoms with Gasteiger partial charge in [0, 0.05) is 22.9 Å². The summed E-state index contributed by atoms with van der Waals surface area (Å²) in [6.07, 6.45) is 1.70. The van der Waals surface area contributed by atoms with E-state index in [0.29, 0.717) is 0 Å². The zero-order chi connectivity index (χ0) is 13.8. The van der Waals surface area contributed by atoms with Crippen molar-refractivity contribution in [2.24, 2.45) is 0 Å². The van der Waals surface area contributed by atoms with Crippen molar-refractivity contribution in [3.63, 3.8) is 0 Å². The molecule has 0 saturated carbocycles. The number of pyridine rings is 1. The normalized spacial score (nSPS) is 10.3. The van der Waals surface area contributed by atoms with Gasteiger partial charge in [-0.15, -0.1) is 0 Å². The molecule has 0 radical (unpaired) electrons. The third-order valence-corrected chi connectivity index (χ3v) is 3.09. The van der Waals surface area contributed by atoms with Crippen LogP contribution in [0.5, 0.6) is 11.5 Å². The molecule has 1 N–H and O–H groups in total. The van der Waals surface area contributed by atoms with Crippen LogP contribution < -0.4 is 9.47 Å². The molecule has 0 fully saturated rings. The number of aromatic nitrogens is 1. The zero-order valence-electron chi connectivity index (χ0n) is 11.3. The molecule has 2 aromatic rings. The summed E-state index contributed by atoms with van der Waals surface area (Å²) in [4.78, 5) is 4.33. The smallest absolute Gasteiger partial charge is 0.126 e. The van der Waals surface area contributed by atoms with E-state index in [4.69, 9.17) is 9.47 Å². The molecule has 4 nitrogen and oxygen atoms in total. The Labute approximate surface area is 112 Å². The van der Waals surface area contributed by atoms with Gasteiger partial charge in [0.25, 0.3) is 0 Å². The lowest BCUT2D eigenvalue weighted by Crippen LogP contribution is -1.97. The van der Waals surface area contributed by atoms with Crippen molar-refractivity contribution >= 4 is 0 Å². The summed E-state index contributed by atoms with van der Waals surface area (Å²) < 4.78 is 10.7. The minimum Gasteiger partial charge on any atom is -0.496 e. The second-order valence-electron chi connectivity index (χ2n) is 4.18. The molecule has 1 heterocycles. The highest BCUT2D eigenvalue weighted by atomic mass is 16.5. The Bertz CT molecular complexity index is 556. The highest BCUT2D eigenvalue weighted by molar-refractivity contribution is 5.68. The van der Waals surface area contributed by atoms with E-state index >= 15 is 0 Å². The van der Waals surface area contributed by atoms with Crippen molar-refractivity contribution in [1.29, 1.82) is 0 Å².